The number of benzene rings is 1. The molecule has 82 valence electrons. The molecule has 1 unspecified atom stereocenters. The van der Waals surface area contributed by atoms with E-state index in [1.165, 1.54) is 6.07 Å². The summed E-state index contributed by atoms with van der Waals surface area (Å²) >= 11 is 5.72. The van der Waals surface area contributed by atoms with Crippen LogP contribution in [0.15, 0.2) is 12.1 Å². The fourth-order valence-corrected chi connectivity index (χ4v) is 1.48. The highest BCUT2D eigenvalue weighted by molar-refractivity contribution is 6.32. The Morgan fingerprint density at radius 3 is 2.93 bits per heavy atom. The van der Waals surface area contributed by atoms with Crippen molar-refractivity contribution in [1.29, 1.82) is 0 Å². The van der Waals surface area contributed by atoms with Crippen LogP contribution in [0.3, 0.4) is 0 Å². The van der Waals surface area contributed by atoms with Gasteiger partial charge >= 0.3 is 0 Å². The lowest BCUT2D eigenvalue weighted by Gasteiger charge is -2.26. The van der Waals surface area contributed by atoms with Crippen molar-refractivity contribution >= 4 is 17.3 Å². The van der Waals surface area contributed by atoms with Crippen molar-refractivity contribution in [3.63, 3.8) is 0 Å². The number of hydrogen-bond donors (Lipinski definition) is 1. The van der Waals surface area contributed by atoms with E-state index in [9.17, 15) is 4.39 Å². The van der Waals surface area contributed by atoms with Crippen LogP contribution in [-0.2, 0) is 4.74 Å². The second-order valence-electron chi connectivity index (χ2n) is 3.37. The van der Waals surface area contributed by atoms with Crippen LogP contribution in [0.1, 0.15) is 6.42 Å². The molecule has 1 fully saturated rings. The number of ether oxygens (including phenoxy) is 2. The van der Waals surface area contributed by atoms with E-state index in [1.54, 1.807) is 6.07 Å². The highest BCUT2D eigenvalue weighted by Gasteiger charge is 2.19. The molecule has 1 atom stereocenters. The Morgan fingerprint density at radius 1 is 1.60 bits per heavy atom. The van der Waals surface area contributed by atoms with Gasteiger partial charge in [0, 0.05) is 13.0 Å². The Hall–Kier alpha value is -1.00. The van der Waals surface area contributed by atoms with Crippen LogP contribution in [0.2, 0.25) is 5.02 Å². The second kappa shape index (κ2) is 4.24. The van der Waals surface area contributed by atoms with E-state index < -0.39 is 5.82 Å². The topological polar surface area (TPSA) is 44.5 Å². The normalized spacial score (nSPS) is 19.7. The zero-order valence-electron chi connectivity index (χ0n) is 8.00. The zero-order chi connectivity index (χ0) is 10.8. The lowest BCUT2D eigenvalue weighted by atomic mass is 10.2. The molecule has 1 aromatic carbocycles. The SMILES string of the molecule is Nc1ccc(OCC2CCO2)c(Cl)c1F. The first-order valence-electron chi connectivity index (χ1n) is 4.66. The fourth-order valence-electron chi connectivity index (χ4n) is 1.26. The molecule has 0 saturated carbocycles. The third-order valence-electron chi connectivity index (χ3n) is 2.29. The summed E-state index contributed by atoms with van der Waals surface area (Å²) in [6.45, 7) is 1.15. The van der Waals surface area contributed by atoms with Gasteiger partial charge in [0.1, 0.15) is 17.4 Å². The maximum Gasteiger partial charge on any atom is 0.168 e. The third-order valence-corrected chi connectivity index (χ3v) is 2.65. The first-order chi connectivity index (χ1) is 7.18. The van der Waals surface area contributed by atoms with Gasteiger partial charge in [-0.1, -0.05) is 11.6 Å². The minimum Gasteiger partial charge on any atom is -0.489 e. The van der Waals surface area contributed by atoms with Gasteiger partial charge in [0.05, 0.1) is 11.8 Å². The standard InChI is InChI=1S/C10H11ClFNO2/c11-9-8(2-1-7(13)10(9)12)15-5-6-3-4-14-6/h1-2,6H,3-5,13H2. The Bertz CT molecular complexity index is 369. The Morgan fingerprint density at radius 2 is 2.33 bits per heavy atom. The summed E-state index contributed by atoms with van der Waals surface area (Å²) in [7, 11) is 0. The molecular formula is C10H11ClFNO2. The van der Waals surface area contributed by atoms with E-state index in [1.807, 2.05) is 0 Å². The average molecular weight is 232 g/mol. The quantitative estimate of drug-likeness (QED) is 0.812. The Kier molecular flexibility index (Phi) is 2.98. The molecule has 1 aliphatic rings. The van der Waals surface area contributed by atoms with Crippen molar-refractivity contribution in [2.45, 2.75) is 12.5 Å². The van der Waals surface area contributed by atoms with Crippen molar-refractivity contribution in [2.24, 2.45) is 0 Å². The smallest absolute Gasteiger partial charge is 0.168 e. The highest BCUT2D eigenvalue weighted by atomic mass is 35.5. The van der Waals surface area contributed by atoms with E-state index in [2.05, 4.69) is 0 Å². The molecule has 5 heteroatoms. The van der Waals surface area contributed by atoms with Crippen LogP contribution < -0.4 is 10.5 Å². The molecule has 0 amide bonds. The maximum atomic E-state index is 13.2. The van der Waals surface area contributed by atoms with Crippen molar-refractivity contribution < 1.29 is 13.9 Å². The molecule has 0 aromatic heterocycles. The maximum absolute atomic E-state index is 13.2. The summed E-state index contributed by atoms with van der Waals surface area (Å²) < 4.78 is 23.7. The molecular weight excluding hydrogens is 221 g/mol. The van der Waals surface area contributed by atoms with Crippen LogP contribution in [0.25, 0.3) is 0 Å². The zero-order valence-corrected chi connectivity index (χ0v) is 8.76. The van der Waals surface area contributed by atoms with Crippen LogP contribution in [0, 0.1) is 5.82 Å². The third kappa shape index (κ3) is 2.16. The fraction of sp³-hybridized carbons (Fsp3) is 0.400. The van der Waals surface area contributed by atoms with Crippen LogP contribution in [0.4, 0.5) is 10.1 Å². The number of anilines is 1. The molecule has 1 saturated heterocycles. The number of halogens is 2. The van der Waals surface area contributed by atoms with Gasteiger partial charge in [0.2, 0.25) is 0 Å². The van der Waals surface area contributed by atoms with Crippen LogP contribution >= 0.6 is 11.6 Å². The van der Waals surface area contributed by atoms with Gasteiger partial charge in [-0.2, -0.15) is 0 Å². The van der Waals surface area contributed by atoms with E-state index in [0.29, 0.717) is 12.4 Å². The summed E-state index contributed by atoms with van der Waals surface area (Å²) in [6.07, 6.45) is 1.07. The van der Waals surface area contributed by atoms with Crippen molar-refractivity contribution in [3.05, 3.63) is 23.0 Å². The Balaban J connectivity index is 2.04. The summed E-state index contributed by atoms with van der Waals surface area (Å²) in [5.74, 6) is -0.331. The van der Waals surface area contributed by atoms with E-state index in [4.69, 9.17) is 26.8 Å². The Labute approximate surface area is 91.9 Å². The van der Waals surface area contributed by atoms with E-state index in [0.717, 1.165) is 13.0 Å². The van der Waals surface area contributed by atoms with Crippen molar-refractivity contribution in [2.75, 3.05) is 18.9 Å². The largest absolute Gasteiger partial charge is 0.489 e. The van der Waals surface area contributed by atoms with Gasteiger partial charge in [-0.25, -0.2) is 4.39 Å². The van der Waals surface area contributed by atoms with Crippen LogP contribution in [-0.4, -0.2) is 19.3 Å². The molecule has 0 radical (unpaired) electrons. The molecule has 15 heavy (non-hydrogen) atoms. The lowest BCUT2D eigenvalue weighted by molar-refractivity contribution is -0.0721. The number of rotatable bonds is 3. The molecule has 2 N–H and O–H groups in total. The monoisotopic (exact) mass is 231 g/mol. The molecule has 3 nitrogen and oxygen atoms in total. The number of nitrogen functional groups attached to an aromatic ring is 1. The van der Waals surface area contributed by atoms with Gasteiger partial charge in [0.15, 0.2) is 5.82 Å². The average Bonchev–Trinajstić information content (AvgIpc) is 2.15. The highest BCUT2D eigenvalue weighted by Crippen LogP contribution is 2.31. The van der Waals surface area contributed by atoms with Gasteiger partial charge in [-0.3, -0.25) is 0 Å². The van der Waals surface area contributed by atoms with E-state index >= 15 is 0 Å². The van der Waals surface area contributed by atoms with Crippen molar-refractivity contribution in [1.82, 2.24) is 0 Å². The van der Waals surface area contributed by atoms with Gasteiger partial charge < -0.3 is 15.2 Å². The number of nitrogens with two attached hydrogens (primary N) is 1. The molecule has 0 bridgehead atoms. The number of hydrogen-bond acceptors (Lipinski definition) is 3. The molecule has 0 spiro atoms. The first-order valence-corrected chi connectivity index (χ1v) is 5.04. The molecule has 1 aliphatic heterocycles. The molecule has 1 heterocycles. The molecule has 0 aliphatic carbocycles. The van der Waals surface area contributed by atoms with E-state index in [-0.39, 0.29) is 16.8 Å². The summed E-state index contributed by atoms with van der Waals surface area (Å²) in [5.41, 5.74) is 5.36. The van der Waals surface area contributed by atoms with Gasteiger partial charge in [0.25, 0.3) is 0 Å². The molecule has 1 aromatic rings. The lowest BCUT2D eigenvalue weighted by Crippen LogP contribution is -2.32. The summed E-state index contributed by atoms with van der Waals surface area (Å²) in [6, 6.07) is 2.98. The predicted molar refractivity (Wildman–Crippen MR) is 55.7 cm³/mol. The van der Waals surface area contributed by atoms with Crippen LogP contribution in [0.5, 0.6) is 5.75 Å². The summed E-state index contributed by atoms with van der Waals surface area (Å²) in [4.78, 5) is 0. The predicted octanol–water partition coefficient (Wildman–Crippen LogP) is 2.23. The second-order valence-corrected chi connectivity index (χ2v) is 3.75. The minimum absolute atomic E-state index is 0.0206. The van der Waals surface area contributed by atoms with Gasteiger partial charge in [-0.05, 0) is 12.1 Å². The minimum atomic E-state index is -0.635. The molecule has 2 rings (SSSR count). The van der Waals surface area contributed by atoms with Crippen molar-refractivity contribution in [3.8, 4) is 5.75 Å². The summed E-state index contributed by atoms with van der Waals surface area (Å²) in [5, 5.41) is -0.0747. The first kappa shape index (κ1) is 10.5. The van der Waals surface area contributed by atoms with Gasteiger partial charge in [-0.15, -0.1) is 0 Å².